The van der Waals surface area contributed by atoms with Crippen LogP contribution in [0.5, 0.6) is 0 Å². The molecule has 15 heavy (non-hydrogen) atoms. The SMILES string of the molecule is NC(=O)c1cc2c([nH]c1=O)CC[C@H](N)C2. The van der Waals surface area contributed by atoms with E-state index in [1.165, 1.54) is 0 Å². The predicted octanol–water partition coefficient (Wildman–Crippen LogP) is -0.710. The second-order valence-corrected chi connectivity index (χ2v) is 3.88. The molecule has 0 saturated carbocycles. The van der Waals surface area contributed by atoms with Crippen molar-refractivity contribution in [2.45, 2.75) is 25.3 Å². The second-order valence-electron chi connectivity index (χ2n) is 3.88. The number of hydrogen-bond acceptors (Lipinski definition) is 3. The number of hydrogen-bond donors (Lipinski definition) is 3. The summed E-state index contributed by atoms with van der Waals surface area (Å²) in [6, 6.07) is 1.67. The lowest BCUT2D eigenvalue weighted by Gasteiger charge is -2.20. The summed E-state index contributed by atoms with van der Waals surface area (Å²) in [5.74, 6) is -0.696. The van der Waals surface area contributed by atoms with Gasteiger partial charge in [0.25, 0.3) is 11.5 Å². The van der Waals surface area contributed by atoms with Crippen LogP contribution in [-0.2, 0) is 12.8 Å². The summed E-state index contributed by atoms with van der Waals surface area (Å²) in [7, 11) is 0. The Morgan fingerprint density at radius 1 is 1.53 bits per heavy atom. The van der Waals surface area contributed by atoms with Crippen LogP contribution >= 0.6 is 0 Å². The Hall–Kier alpha value is -1.62. The third-order valence-corrected chi connectivity index (χ3v) is 2.73. The molecular formula is C10H13N3O2. The van der Waals surface area contributed by atoms with E-state index in [1.807, 2.05) is 0 Å². The normalized spacial score (nSPS) is 19.7. The number of aromatic amines is 1. The highest BCUT2D eigenvalue weighted by Gasteiger charge is 2.18. The molecule has 1 aromatic heterocycles. The first-order valence-corrected chi connectivity index (χ1v) is 4.88. The Balaban J connectivity index is 2.52. The molecule has 2 rings (SSSR count). The van der Waals surface area contributed by atoms with Crippen molar-refractivity contribution in [3.63, 3.8) is 0 Å². The number of pyridine rings is 1. The standard InChI is InChI=1S/C10H13N3O2/c11-6-1-2-8-5(3-6)4-7(9(12)14)10(15)13-8/h4,6H,1-3,11H2,(H2,12,14)(H,13,15)/t6-/m0/s1. The van der Waals surface area contributed by atoms with Crippen molar-refractivity contribution in [2.24, 2.45) is 11.5 Å². The number of nitrogens with one attached hydrogen (secondary N) is 1. The van der Waals surface area contributed by atoms with E-state index >= 15 is 0 Å². The Kier molecular flexibility index (Phi) is 2.32. The topological polar surface area (TPSA) is 102 Å². The van der Waals surface area contributed by atoms with Crippen molar-refractivity contribution in [3.05, 3.63) is 33.2 Å². The summed E-state index contributed by atoms with van der Waals surface area (Å²) in [6.07, 6.45) is 2.30. The maximum absolute atomic E-state index is 11.4. The van der Waals surface area contributed by atoms with Gasteiger partial charge in [0.1, 0.15) is 5.56 Å². The van der Waals surface area contributed by atoms with Crippen LogP contribution in [0.2, 0.25) is 0 Å². The van der Waals surface area contributed by atoms with Crippen molar-refractivity contribution < 1.29 is 4.79 Å². The van der Waals surface area contributed by atoms with Gasteiger partial charge in [0, 0.05) is 11.7 Å². The van der Waals surface area contributed by atoms with Crippen molar-refractivity contribution in [3.8, 4) is 0 Å². The highest BCUT2D eigenvalue weighted by molar-refractivity contribution is 5.92. The quantitative estimate of drug-likeness (QED) is 0.566. The molecule has 1 amide bonds. The third-order valence-electron chi connectivity index (χ3n) is 2.73. The fourth-order valence-electron chi connectivity index (χ4n) is 1.91. The van der Waals surface area contributed by atoms with Crippen LogP contribution < -0.4 is 17.0 Å². The van der Waals surface area contributed by atoms with Gasteiger partial charge in [-0.1, -0.05) is 0 Å². The Morgan fingerprint density at radius 2 is 2.27 bits per heavy atom. The Bertz CT molecular complexity index is 464. The van der Waals surface area contributed by atoms with E-state index in [4.69, 9.17) is 11.5 Å². The average molecular weight is 207 g/mol. The first-order valence-electron chi connectivity index (χ1n) is 4.88. The molecule has 5 N–H and O–H groups in total. The van der Waals surface area contributed by atoms with Gasteiger partial charge >= 0.3 is 0 Å². The van der Waals surface area contributed by atoms with Crippen LogP contribution in [0, 0.1) is 0 Å². The number of amides is 1. The van der Waals surface area contributed by atoms with E-state index in [1.54, 1.807) is 6.07 Å². The minimum atomic E-state index is -0.696. The maximum Gasteiger partial charge on any atom is 0.261 e. The lowest BCUT2D eigenvalue weighted by Crippen LogP contribution is -2.32. The fraction of sp³-hybridized carbons (Fsp3) is 0.400. The van der Waals surface area contributed by atoms with Crippen molar-refractivity contribution in [1.82, 2.24) is 4.98 Å². The third kappa shape index (κ3) is 1.78. The molecule has 0 radical (unpaired) electrons. The van der Waals surface area contributed by atoms with Crippen molar-refractivity contribution in [1.29, 1.82) is 0 Å². The lowest BCUT2D eigenvalue weighted by molar-refractivity contribution is 0.0998. The maximum atomic E-state index is 11.4. The zero-order chi connectivity index (χ0) is 11.0. The second kappa shape index (κ2) is 3.51. The average Bonchev–Trinajstić information content (AvgIpc) is 2.17. The number of aryl methyl sites for hydroxylation is 1. The van der Waals surface area contributed by atoms with E-state index < -0.39 is 11.5 Å². The predicted molar refractivity (Wildman–Crippen MR) is 55.6 cm³/mol. The fourth-order valence-corrected chi connectivity index (χ4v) is 1.91. The van der Waals surface area contributed by atoms with Gasteiger partial charge < -0.3 is 16.5 Å². The molecule has 1 heterocycles. The van der Waals surface area contributed by atoms with Gasteiger partial charge in [-0.05, 0) is 30.9 Å². The number of rotatable bonds is 1. The van der Waals surface area contributed by atoms with Crippen LogP contribution in [0.25, 0.3) is 0 Å². The molecule has 1 aromatic rings. The van der Waals surface area contributed by atoms with Crippen molar-refractivity contribution >= 4 is 5.91 Å². The number of aromatic nitrogens is 1. The van der Waals surface area contributed by atoms with Gasteiger partial charge in [0.05, 0.1) is 0 Å². The minimum Gasteiger partial charge on any atom is -0.365 e. The van der Waals surface area contributed by atoms with Gasteiger partial charge in [0.2, 0.25) is 0 Å². The molecule has 0 saturated heterocycles. The number of carbonyl (C=O) groups is 1. The Labute approximate surface area is 86.5 Å². The van der Waals surface area contributed by atoms with Crippen LogP contribution in [0.1, 0.15) is 28.0 Å². The summed E-state index contributed by atoms with van der Waals surface area (Å²) in [5, 5.41) is 0. The van der Waals surface area contributed by atoms with Gasteiger partial charge in [0.15, 0.2) is 0 Å². The van der Waals surface area contributed by atoms with Crippen LogP contribution in [-0.4, -0.2) is 16.9 Å². The largest absolute Gasteiger partial charge is 0.365 e. The summed E-state index contributed by atoms with van der Waals surface area (Å²) in [5.41, 5.74) is 12.3. The summed E-state index contributed by atoms with van der Waals surface area (Å²) in [4.78, 5) is 25.1. The first kappa shape index (κ1) is 9.92. The highest BCUT2D eigenvalue weighted by atomic mass is 16.2. The molecule has 0 aliphatic heterocycles. The van der Waals surface area contributed by atoms with E-state index in [-0.39, 0.29) is 11.6 Å². The summed E-state index contributed by atoms with van der Waals surface area (Å²) < 4.78 is 0. The molecule has 5 heteroatoms. The number of fused-ring (bicyclic) bond motifs is 1. The van der Waals surface area contributed by atoms with Crippen LogP contribution in [0.4, 0.5) is 0 Å². The molecule has 0 unspecified atom stereocenters. The number of carbonyl (C=O) groups excluding carboxylic acids is 1. The van der Waals surface area contributed by atoms with E-state index in [2.05, 4.69) is 4.98 Å². The van der Waals surface area contributed by atoms with Gasteiger partial charge in [-0.2, -0.15) is 0 Å². The molecular weight excluding hydrogens is 194 g/mol. The smallest absolute Gasteiger partial charge is 0.261 e. The molecule has 0 aromatic carbocycles. The summed E-state index contributed by atoms with van der Waals surface area (Å²) in [6.45, 7) is 0. The lowest BCUT2D eigenvalue weighted by atomic mass is 9.91. The first-order chi connectivity index (χ1) is 7.08. The highest BCUT2D eigenvalue weighted by Crippen LogP contribution is 2.17. The Morgan fingerprint density at radius 3 is 2.93 bits per heavy atom. The van der Waals surface area contributed by atoms with Crippen LogP contribution in [0.3, 0.4) is 0 Å². The van der Waals surface area contributed by atoms with Crippen molar-refractivity contribution in [2.75, 3.05) is 0 Å². The molecule has 1 aliphatic carbocycles. The molecule has 0 spiro atoms. The van der Waals surface area contributed by atoms with E-state index in [0.717, 1.165) is 24.1 Å². The van der Waals surface area contributed by atoms with Gasteiger partial charge in [-0.15, -0.1) is 0 Å². The van der Waals surface area contributed by atoms with Crippen LogP contribution in [0.15, 0.2) is 10.9 Å². The molecule has 80 valence electrons. The number of H-pyrrole nitrogens is 1. The molecule has 1 atom stereocenters. The van der Waals surface area contributed by atoms with E-state index in [0.29, 0.717) is 6.42 Å². The molecule has 0 fully saturated rings. The van der Waals surface area contributed by atoms with Gasteiger partial charge in [-0.3, -0.25) is 9.59 Å². The summed E-state index contributed by atoms with van der Waals surface area (Å²) >= 11 is 0. The zero-order valence-corrected chi connectivity index (χ0v) is 8.25. The molecule has 1 aliphatic rings. The number of primary amides is 1. The molecule has 5 nitrogen and oxygen atoms in total. The zero-order valence-electron chi connectivity index (χ0n) is 8.25. The van der Waals surface area contributed by atoms with E-state index in [9.17, 15) is 9.59 Å². The number of nitrogens with two attached hydrogens (primary N) is 2. The monoisotopic (exact) mass is 207 g/mol. The minimum absolute atomic E-state index is 0.0165. The van der Waals surface area contributed by atoms with Gasteiger partial charge in [-0.25, -0.2) is 0 Å². The molecule has 0 bridgehead atoms.